The van der Waals surface area contributed by atoms with Crippen LogP contribution in [0.5, 0.6) is 5.75 Å². The topological polar surface area (TPSA) is 332 Å². The van der Waals surface area contributed by atoms with Gasteiger partial charge in [0.05, 0.1) is 24.3 Å². The minimum absolute atomic E-state index is 0.0745. The average molecular weight is 1230 g/mol. The number of carboxylic acid groups (broad SMARTS) is 2. The highest BCUT2D eigenvalue weighted by Crippen LogP contribution is 2.34. The van der Waals surface area contributed by atoms with E-state index in [0.29, 0.717) is 36.2 Å². The van der Waals surface area contributed by atoms with Gasteiger partial charge in [-0.1, -0.05) is 128 Å². The van der Waals surface area contributed by atoms with E-state index < -0.39 is 95.4 Å². The Bertz CT molecular complexity index is 3210. The molecule has 482 valence electrons. The summed E-state index contributed by atoms with van der Waals surface area (Å²) >= 11 is 0. The van der Waals surface area contributed by atoms with Gasteiger partial charge in [-0.15, -0.1) is 0 Å². The molecular formula is C66H87N7O16. The molecule has 10 N–H and O–H groups in total. The van der Waals surface area contributed by atoms with E-state index in [-0.39, 0.29) is 67.2 Å². The number of rotatable bonds is 29. The Morgan fingerprint density at radius 3 is 2.10 bits per heavy atom. The van der Waals surface area contributed by atoms with Crippen molar-refractivity contribution in [2.45, 2.75) is 162 Å². The van der Waals surface area contributed by atoms with Crippen LogP contribution in [0.25, 0.3) is 6.08 Å². The van der Waals surface area contributed by atoms with Crippen LogP contribution >= 0.6 is 0 Å². The lowest BCUT2D eigenvalue weighted by Gasteiger charge is -2.40. The molecule has 23 heteroatoms. The minimum atomic E-state index is -2.01. The van der Waals surface area contributed by atoms with Crippen LogP contribution in [0.3, 0.4) is 0 Å². The number of ether oxygens (including phenoxy) is 3. The zero-order valence-electron chi connectivity index (χ0n) is 52.5. The third kappa shape index (κ3) is 19.5. The van der Waals surface area contributed by atoms with Gasteiger partial charge < -0.3 is 70.8 Å². The van der Waals surface area contributed by atoms with Crippen molar-refractivity contribution in [3.8, 4) is 5.75 Å². The maximum Gasteiger partial charge on any atom is 0.411 e. The number of carbonyl (C=O) groups excluding carboxylic acids is 6. The van der Waals surface area contributed by atoms with E-state index in [9.17, 15) is 63.9 Å². The number of benzene rings is 4. The number of para-hydroxylation sites is 1. The summed E-state index contributed by atoms with van der Waals surface area (Å²) < 4.78 is 16.7. The standard InChI is InChI=1S/C66H87N7O16/c1-13-42-22-15-16-23-43(42)36-73(47-26-17-14-21-39(47)4)52(76)28-19-18-27-50(74)68-32-31-51(75)70-46-34-41(29-30-49(46)88-63-55(79)53(77)54(78)56(89-63)62(84)85)37-87-64(86)69-45-25-20-24-44(35-45)66(9,10)57(67-11)59(80)71-58(65(6,7)8)60(81)72(12)48(38(2)3)33-40(5)61(82)83/h13-17,20-26,29-30,33-35,38,48,53-58,63,67,77-79H,1,18-19,27-28,31-32,36-37H2,2-12H3,(H,68,74)(H,69,86)(H,70,75)(H,71,80)(H,82,83)(H,84,85)/b40-33+/t48-,53?,54?,55?,56?,57-,58-,63?/m1/s1. The number of aliphatic carboxylic acids is 2. The van der Waals surface area contributed by atoms with Crippen LogP contribution in [-0.4, -0.2) is 147 Å². The predicted octanol–water partition coefficient (Wildman–Crippen LogP) is 6.81. The quantitative estimate of drug-likeness (QED) is 0.0197. The number of carboxylic acids is 2. The number of aliphatic hydroxyl groups is 3. The van der Waals surface area contributed by atoms with Gasteiger partial charge in [0.2, 0.25) is 35.8 Å². The zero-order valence-corrected chi connectivity index (χ0v) is 52.5. The number of hydrogen-bond acceptors (Lipinski definition) is 15. The minimum Gasteiger partial charge on any atom is -0.479 e. The van der Waals surface area contributed by atoms with Gasteiger partial charge in [-0.25, -0.2) is 14.4 Å². The van der Waals surface area contributed by atoms with E-state index in [4.69, 9.17) is 14.2 Å². The summed E-state index contributed by atoms with van der Waals surface area (Å²) in [5.41, 5.74) is 3.01. The summed E-state index contributed by atoms with van der Waals surface area (Å²) in [6.07, 6.45) is -6.64. The van der Waals surface area contributed by atoms with Crippen LogP contribution in [-0.2, 0) is 61.6 Å². The lowest BCUT2D eigenvalue weighted by atomic mass is 9.76. The molecule has 6 amide bonds. The van der Waals surface area contributed by atoms with Crippen LogP contribution in [0.4, 0.5) is 21.9 Å². The molecule has 8 atom stereocenters. The van der Waals surface area contributed by atoms with E-state index in [1.807, 2.05) is 104 Å². The normalized spacial score (nSPS) is 17.9. The van der Waals surface area contributed by atoms with Crippen molar-refractivity contribution in [1.82, 2.24) is 20.9 Å². The number of hydrogen-bond donors (Lipinski definition) is 10. The van der Waals surface area contributed by atoms with Crippen LogP contribution < -0.4 is 36.2 Å². The number of nitrogens with one attached hydrogen (secondary N) is 5. The monoisotopic (exact) mass is 1230 g/mol. The summed E-state index contributed by atoms with van der Waals surface area (Å²) in [7, 11) is 3.19. The Labute approximate surface area is 519 Å². The fourth-order valence-electron chi connectivity index (χ4n) is 10.3. The Kier molecular flexibility index (Phi) is 25.7. The maximum absolute atomic E-state index is 14.3. The molecule has 0 saturated carbocycles. The Morgan fingerprint density at radius 1 is 0.787 bits per heavy atom. The summed E-state index contributed by atoms with van der Waals surface area (Å²) in [4.78, 5) is 109. The highest BCUT2D eigenvalue weighted by molar-refractivity contribution is 5.95. The van der Waals surface area contributed by atoms with Crippen molar-refractivity contribution in [3.63, 3.8) is 0 Å². The van der Waals surface area contributed by atoms with Gasteiger partial charge in [0.1, 0.15) is 36.7 Å². The number of carbonyl (C=O) groups is 8. The first-order valence-electron chi connectivity index (χ1n) is 29.4. The first kappa shape index (κ1) is 71.3. The molecule has 0 radical (unpaired) electrons. The van der Waals surface area contributed by atoms with E-state index in [0.717, 1.165) is 22.4 Å². The van der Waals surface area contributed by atoms with Crippen molar-refractivity contribution in [2.75, 3.05) is 36.2 Å². The summed E-state index contributed by atoms with van der Waals surface area (Å²) in [6, 6.07) is 23.6. The van der Waals surface area contributed by atoms with Crippen LogP contribution in [0.2, 0.25) is 0 Å². The van der Waals surface area contributed by atoms with Crippen molar-refractivity contribution >= 4 is 70.7 Å². The van der Waals surface area contributed by atoms with Gasteiger partial charge in [0.15, 0.2) is 6.10 Å². The molecule has 4 aromatic carbocycles. The molecule has 89 heavy (non-hydrogen) atoms. The molecule has 0 aromatic heterocycles. The van der Waals surface area contributed by atoms with E-state index in [1.165, 1.54) is 36.1 Å². The highest BCUT2D eigenvalue weighted by atomic mass is 16.7. The lowest BCUT2D eigenvalue weighted by Crippen LogP contribution is -2.61. The molecule has 5 rings (SSSR count). The second-order valence-electron chi connectivity index (χ2n) is 24.1. The lowest BCUT2D eigenvalue weighted by molar-refractivity contribution is -0.271. The molecule has 1 heterocycles. The number of aryl methyl sites for hydroxylation is 1. The van der Waals surface area contributed by atoms with Crippen LogP contribution in [0.15, 0.2) is 109 Å². The highest BCUT2D eigenvalue weighted by Gasteiger charge is 2.48. The number of amides is 6. The molecule has 1 fully saturated rings. The van der Waals surface area contributed by atoms with E-state index in [2.05, 4.69) is 33.2 Å². The fraction of sp³-hybridized carbons (Fsp3) is 0.455. The van der Waals surface area contributed by atoms with Crippen molar-refractivity contribution < 1.29 is 78.1 Å². The summed E-state index contributed by atoms with van der Waals surface area (Å²) in [5.74, 6) is -5.10. The molecular weight excluding hydrogens is 1150 g/mol. The number of aliphatic hydroxyl groups excluding tert-OH is 3. The van der Waals surface area contributed by atoms with Gasteiger partial charge in [0.25, 0.3) is 0 Å². The SMILES string of the molecule is C=Cc1ccccc1CN(C(=O)CCCCC(=O)NCCC(=O)Nc1cc(COC(=O)Nc2cccc(C(C)(C)[C@H](NC)C(=O)N[C@H](C(=O)N(C)[C@H](/C=C(\C)C(=O)O)C(C)C)C(C)(C)C)c2)ccc1OC1OC(C(=O)O)C(O)C(O)C1O)c1ccccc1C. The molecule has 4 aromatic rings. The molecule has 1 saturated heterocycles. The van der Waals surface area contributed by atoms with Crippen molar-refractivity contribution in [1.29, 1.82) is 0 Å². The van der Waals surface area contributed by atoms with Crippen LogP contribution in [0.1, 0.15) is 115 Å². The molecule has 5 unspecified atom stereocenters. The largest absolute Gasteiger partial charge is 0.479 e. The molecule has 0 bridgehead atoms. The third-order valence-electron chi connectivity index (χ3n) is 15.5. The first-order valence-corrected chi connectivity index (χ1v) is 29.4. The molecule has 1 aliphatic rings. The molecule has 23 nitrogen and oxygen atoms in total. The fourth-order valence-corrected chi connectivity index (χ4v) is 10.3. The average Bonchev–Trinajstić information content (AvgIpc) is 1.47. The van der Waals surface area contributed by atoms with E-state index >= 15 is 0 Å². The second-order valence-corrected chi connectivity index (χ2v) is 24.1. The molecule has 0 aliphatic carbocycles. The molecule has 0 spiro atoms. The Hall–Kier alpha value is -8.48. The summed E-state index contributed by atoms with van der Waals surface area (Å²) in [6.45, 7) is 20.0. The van der Waals surface area contributed by atoms with Gasteiger partial charge >= 0.3 is 18.0 Å². The van der Waals surface area contributed by atoms with Crippen molar-refractivity contribution in [2.24, 2.45) is 11.3 Å². The zero-order chi connectivity index (χ0) is 66.1. The van der Waals surface area contributed by atoms with Gasteiger partial charge in [-0.3, -0.25) is 29.3 Å². The number of nitrogens with zero attached hydrogens (tertiary/aromatic N) is 2. The number of unbranched alkanes of at least 4 members (excludes halogenated alkanes) is 1. The van der Waals surface area contributed by atoms with Crippen LogP contribution in [0, 0.1) is 18.3 Å². The summed E-state index contributed by atoms with van der Waals surface area (Å²) in [5, 5.41) is 64.8. The smallest absolute Gasteiger partial charge is 0.411 e. The maximum atomic E-state index is 14.3. The Morgan fingerprint density at radius 2 is 1.46 bits per heavy atom. The number of anilines is 3. The van der Waals surface area contributed by atoms with Gasteiger partial charge in [-0.2, -0.15) is 0 Å². The van der Waals surface area contributed by atoms with Gasteiger partial charge in [-0.05, 0) is 103 Å². The predicted molar refractivity (Wildman–Crippen MR) is 335 cm³/mol. The third-order valence-corrected chi connectivity index (χ3v) is 15.5. The number of likely N-dealkylation sites (N-methyl/N-ethyl adjacent to an activating group) is 2. The second kappa shape index (κ2) is 32.1. The Balaban J connectivity index is 1.23. The van der Waals surface area contributed by atoms with Crippen molar-refractivity contribution in [3.05, 3.63) is 137 Å². The first-order chi connectivity index (χ1) is 41.9. The molecule has 1 aliphatic heterocycles. The van der Waals surface area contributed by atoms with E-state index in [1.54, 1.807) is 49.3 Å². The van der Waals surface area contributed by atoms with Gasteiger partial charge in [0, 0.05) is 55.2 Å².